The Hall–Kier alpha value is -3.19. The largest absolute Gasteiger partial charge is 0.360 e. The molecule has 33 heavy (non-hydrogen) atoms. The SMILES string of the molecule is CCN(CC)CCCC(C)N(CC(=O)Nc1cc(C)on1)C(=O)c1cccc2ccccc12. The van der Waals surface area contributed by atoms with Crippen LogP contribution in [-0.2, 0) is 4.79 Å². The van der Waals surface area contributed by atoms with E-state index in [1.54, 1.807) is 17.9 Å². The number of aryl methyl sites for hydroxylation is 1. The summed E-state index contributed by atoms with van der Waals surface area (Å²) in [5, 5.41) is 8.45. The van der Waals surface area contributed by atoms with Crippen molar-refractivity contribution in [3.8, 4) is 0 Å². The van der Waals surface area contributed by atoms with Crippen molar-refractivity contribution in [1.82, 2.24) is 15.0 Å². The summed E-state index contributed by atoms with van der Waals surface area (Å²) in [6.45, 7) is 11.0. The Bertz CT molecular complexity index is 1070. The number of carbonyl (C=O) groups excluding carboxylic acids is 2. The van der Waals surface area contributed by atoms with Crippen molar-refractivity contribution in [1.29, 1.82) is 0 Å². The van der Waals surface area contributed by atoms with Crippen LogP contribution in [0.2, 0.25) is 0 Å². The van der Waals surface area contributed by atoms with Crippen LogP contribution < -0.4 is 5.32 Å². The molecule has 0 aliphatic heterocycles. The maximum absolute atomic E-state index is 13.7. The van der Waals surface area contributed by atoms with Gasteiger partial charge >= 0.3 is 0 Å². The third-order valence-corrected chi connectivity index (χ3v) is 6.01. The third-order valence-electron chi connectivity index (χ3n) is 6.01. The van der Waals surface area contributed by atoms with Gasteiger partial charge in [0.15, 0.2) is 5.82 Å². The van der Waals surface area contributed by atoms with E-state index in [0.29, 0.717) is 17.1 Å². The molecule has 0 bridgehead atoms. The fourth-order valence-corrected chi connectivity index (χ4v) is 4.06. The highest BCUT2D eigenvalue weighted by Crippen LogP contribution is 2.22. The molecule has 0 radical (unpaired) electrons. The lowest BCUT2D eigenvalue weighted by Gasteiger charge is -2.30. The van der Waals surface area contributed by atoms with E-state index in [4.69, 9.17) is 4.52 Å². The van der Waals surface area contributed by atoms with E-state index >= 15 is 0 Å². The average molecular weight is 451 g/mol. The molecule has 0 saturated carbocycles. The van der Waals surface area contributed by atoms with Crippen molar-refractivity contribution in [3.63, 3.8) is 0 Å². The molecule has 1 aromatic heterocycles. The van der Waals surface area contributed by atoms with E-state index in [0.717, 1.165) is 43.2 Å². The van der Waals surface area contributed by atoms with Gasteiger partial charge < -0.3 is 19.6 Å². The molecular formula is C26H34N4O3. The Morgan fingerprint density at radius 1 is 1.09 bits per heavy atom. The minimum absolute atomic E-state index is 0.0552. The molecule has 2 amide bonds. The number of aromatic nitrogens is 1. The molecular weight excluding hydrogens is 416 g/mol. The minimum atomic E-state index is -0.299. The summed E-state index contributed by atoms with van der Waals surface area (Å²) < 4.78 is 5.03. The summed E-state index contributed by atoms with van der Waals surface area (Å²) in [6.07, 6.45) is 1.76. The topological polar surface area (TPSA) is 78.7 Å². The van der Waals surface area contributed by atoms with Gasteiger partial charge in [0.2, 0.25) is 5.91 Å². The summed E-state index contributed by atoms with van der Waals surface area (Å²) in [6, 6.07) is 15.1. The lowest BCUT2D eigenvalue weighted by molar-refractivity contribution is -0.117. The molecule has 0 aliphatic rings. The highest BCUT2D eigenvalue weighted by molar-refractivity contribution is 6.08. The van der Waals surface area contributed by atoms with Crippen LogP contribution in [0.4, 0.5) is 5.82 Å². The molecule has 1 heterocycles. The van der Waals surface area contributed by atoms with Crippen molar-refractivity contribution in [2.75, 3.05) is 31.5 Å². The van der Waals surface area contributed by atoms with Crippen LogP contribution in [-0.4, -0.2) is 59.0 Å². The van der Waals surface area contributed by atoms with Crippen LogP contribution in [0.25, 0.3) is 10.8 Å². The predicted octanol–water partition coefficient (Wildman–Crippen LogP) is 4.73. The second-order valence-corrected chi connectivity index (χ2v) is 8.35. The fraction of sp³-hybridized carbons (Fsp3) is 0.423. The summed E-state index contributed by atoms with van der Waals surface area (Å²) in [7, 11) is 0. The summed E-state index contributed by atoms with van der Waals surface area (Å²) in [4.78, 5) is 30.6. The minimum Gasteiger partial charge on any atom is -0.360 e. The molecule has 1 atom stereocenters. The van der Waals surface area contributed by atoms with E-state index in [1.807, 2.05) is 49.4 Å². The molecule has 0 spiro atoms. The van der Waals surface area contributed by atoms with Gasteiger partial charge in [-0.1, -0.05) is 55.4 Å². The van der Waals surface area contributed by atoms with Crippen molar-refractivity contribution in [2.24, 2.45) is 0 Å². The molecule has 3 rings (SSSR count). The molecule has 3 aromatic rings. The van der Waals surface area contributed by atoms with Crippen LogP contribution in [0, 0.1) is 6.92 Å². The van der Waals surface area contributed by atoms with Gasteiger partial charge in [-0.3, -0.25) is 9.59 Å². The van der Waals surface area contributed by atoms with Crippen LogP contribution in [0.15, 0.2) is 53.1 Å². The number of hydrogen-bond donors (Lipinski definition) is 1. The number of rotatable bonds is 11. The number of benzene rings is 2. The molecule has 1 N–H and O–H groups in total. The summed E-state index contributed by atoms with van der Waals surface area (Å²) >= 11 is 0. The number of nitrogens with zero attached hydrogens (tertiary/aromatic N) is 3. The van der Waals surface area contributed by atoms with Crippen molar-refractivity contribution in [3.05, 3.63) is 59.9 Å². The van der Waals surface area contributed by atoms with Gasteiger partial charge in [0.25, 0.3) is 5.91 Å². The Morgan fingerprint density at radius 3 is 2.52 bits per heavy atom. The summed E-state index contributed by atoms with van der Waals surface area (Å²) in [5.74, 6) is 0.518. The zero-order valence-electron chi connectivity index (χ0n) is 20.0. The highest BCUT2D eigenvalue weighted by Gasteiger charge is 2.25. The molecule has 1 unspecified atom stereocenters. The monoisotopic (exact) mass is 450 g/mol. The molecule has 176 valence electrons. The summed E-state index contributed by atoms with van der Waals surface area (Å²) in [5.41, 5.74) is 0.605. The first-order chi connectivity index (χ1) is 15.9. The Balaban J connectivity index is 1.80. The van der Waals surface area contributed by atoms with E-state index in [1.165, 1.54) is 0 Å². The van der Waals surface area contributed by atoms with Crippen molar-refractivity contribution >= 4 is 28.4 Å². The van der Waals surface area contributed by atoms with Gasteiger partial charge in [0, 0.05) is 17.7 Å². The van der Waals surface area contributed by atoms with E-state index in [2.05, 4.69) is 29.2 Å². The van der Waals surface area contributed by atoms with Gasteiger partial charge in [-0.15, -0.1) is 0 Å². The number of nitrogens with one attached hydrogen (secondary N) is 1. The lowest BCUT2D eigenvalue weighted by Crippen LogP contribution is -2.44. The second-order valence-electron chi connectivity index (χ2n) is 8.35. The third kappa shape index (κ3) is 6.42. The smallest absolute Gasteiger partial charge is 0.255 e. The number of carbonyl (C=O) groups is 2. The zero-order valence-corrected chi connectivity index (χ0v) is 20.0. The van der Waals surface area contributed by atoms with Crippen molar-refractivity contribution in [2.45, 2.75) is 46.6 Å². The Kier molecular flexibility index (Phi) is 8.60. The quantitative estimate of drug-likeness (QED) is 0.457. The Labute approximate surface area is 195 Å². The number of hydrogen-bond acceptors (Lipinski definition) is 5. The van der Waals surface area contributed by atoms with Crippen LogP contribution in [0.3, 0.4) is 0 Å². The van der Waals surface area contributed by atoms with Gasteiger partial charge in [0.1, 0.15) is 12.3 Å². The second kappa shape index (κ2) is 11.6. The van der Waals surface area contributed by atoms with Crippen LogP contribution in [0.1, 0.15) is 49.7 Å². The maximum Gasteiger partial charge on any atom is 0.255 e. The van der Waals surface area contributed by atoms with Crippen molar-refractivity contribution < 1.29 is 14.1 Å². The lowest BCUT2D eigenvalue weighted by atomic mass is 10.0. The first-order valence-electron chi connectivity index (χ1n) is 11.7. The predicted molar refractivity (Wildman–Crippen MR) is 131 cm³/mol. The van der Waals surface area contributed by atoms with E-state index < -0.39 is 0 Å². The van der Waals surface area contributed by atoms with Gasteiger partial charge in [-0.2, -0.15) is 0 Å². The normalized spacial score (nSPS) is 12.2. The molecule has 0 saturated heterocycles. The first-order valence-corrected chi connectivity index (χ1v) is 11.7. The standard InChI is InChI=1S/C26H34N4O3/c1-5-29(6-2)16-10-11-19(3)30(18-25(31)27-24-17-20(4)33-28-24)26(32)23-15-9-13-21-12-7-8-14-22(21)23/h7-9,12-15,17,19H,5-6,10-11,16,18H2,1-4H3,(H,27,28,31). The highest BCUT2D eigenvalue weighted by atomic mass is 16.5. The molecule has 7 heteroatoms. The van der Waals surface area contributed by atoms with E-state index in [9.17, 15) is 9.59 Å². The number of anilines is 1. The fourth-order valence-electron chi connectivity index (χ4n) is 4.06. The Morgan fingerprint density at radius 2 is 1.82 bits per heavy atom. The molecule has 0 aliphatic carbocycles. The number of amides is 2. The van der Waals surface area contributed by atoms with Crippen LogP contribution >= 0.6 is 0 Å². The first kappa shape index (κ1) is 24.5. The number of fused-ring (bicyclic) bond motifs is 1. The van der Waals surface area contributed by atoms with Gasteiger partial charge in [0.05, 0.1) is 0 Å². The van der Waals surface area contributed by atoms with Gasteiger partial charge in [-0.05, 0) is 63.2 Å². The van der Waals surface area contributed by atoms with E-state index in [-0.39, 0.29) is 24.4 Å². The average Bonchev–Trinajstić information content (AvgIpc) is 3.23. The molecule has 7 nitrogen and oxygen atoms in total. The van der Waals surface area contributed by atoms with Gasteiger partial charge in [-0.25, -0.2) is 0 Å². The molecule has 0 fully saturated rings. The molecule has 2 aromatic carbocycles. The zero-order chi connectivity index (χ0) is 23.8. The van der Waals surface area contributed by atoms with Crippen LogP contribution in [0.5, 0.6) is 0 Å². The maximum atomic E-state index is 13.7.